The van der Waals surface area contributed by atoms with E-state index in [1.54, 1.807) is 6.07 Å². The number of ether oxygens (including phenoxy) is 1. The Morgan fingerprint density at radius 2 is 2.25 bits per heavy atom. The molecule has 0 unspecified atom stereocenters. The van der Waals surface area contributed by atoms with Gasteiger partial charge in [0.05, 0.1) is 16.8 Å². The van der Waals surface area contributed by atoms with Crippen molar-refractivity contribution in [3.63, 3.8) is 0 Å². The van der Waals surface area contributed by atoms with Crippen LogP contribution in [0.4, 0.5) is 0 Å². The van der Waals surface area contributed by atoms with Gasteiger partial charge in [0.15, 0.2) is 6.61 Å². The molecule has 1 fully saturated rings. The first-order chi connectivity index (χ1) is 11.6. The summed E-state index contributed by atoms with van der Waals surface area (Å²) in [6, 6.07) is 12.0. The number of likely N-dealkylation sites (tertiary alicyclic amines) is 1. The van der Waals surface area contributed by atoms with E-state index in [2.05, 4.69) is 16.0 Å². The Bertz CT molecular complexity index is 709. The SMILES string of the molecule is NC(=O)COc1ccc(CN2CCC[C@H]2c2ccccn2)cc1Cl. The second-order valence-electron chi connectivity index (χ2n) is 5.90. The molecule has 24 heavy (non-hydrogen) atoms. The number of rotatable bonds is 6. The highest BCUT2D eigenvalue weighted by Crippen LogP contribution is 2.33. The lowest BCUT2D eigenvalue weighted by molar-refractivity contribution is -0.119. The van der Waals surface area contributed by atoms with Gasteiger partial charge in [-0.15, -0.1) is 0 Å². The smallest absolute Gasteiger partial charge is 0.255 e. The van der Waals surface area contributed by atoms with Crippen LogP contribution in [0.15, 0.2) is 42.6 Å². The molecule has 126 valence electrons. The number of hydrogen-bond acceptors (Lipinski definition) is 4. The third-order valence-electron chi connectivity index (χ3n) is 4.14. The molecule has 1 amide bonds. The van der Waals surface area contributed by atoms with Crippen LogP contribution in [0.2, 0.25) is 5.02 Å². The van der Waals surface area contributed by atoms with Gasteiger partial charge < -0.3 is 10.5 Å². The molecule has 1 atom stereocenters. The number of hydrogen-bond donors (Lipinski definition) is 1. The van der Waals surface area contributed by atoms with Crippen LogP contribution in [0.1, 0.15) is 30.1 Å². The van der Waals surface area contributed by atoms with Crippen molar-refractivity contribution in [2.24, 2.45) is 5.73 Å². The van der Waals surface area contributed by atoms with Crippen LogP contribution >= 0.6 is 11.6 Å². The Morgan fingerprint density at radius 1 is 1.38 bits per heavy atom. The van der Waals surface area contributed by atoms with Gasteiger partial charge in [-0.3, -0.25) is 14.7 Å². The number of aromatic nitrogens is 1. The third kappa shape index (κ3) is 4.04. The fourth-order valence-corrected chi connectivity index (χ4v) is 3.32. The van der Waals surface area contributed by atoms with Gasteiger partial charge in [-0.05, 0) is 49.2 Å². The minimum atomic E-state index is -0.523. The number of nitrogens with zero attached hydrogens (tertiary/aromatic N) is 2. The highest BCUT2D eigenvalue weighted by Gasteiger charge is 2.26. The predicted molar refractivity (Wildman–Crippen MR) is 92.8 cm³/mol. The third-order valence-corrected chi connectivity index (χ3v) is 4.44. The van der Waals surface area contributed by atoms with Crippen LogP contribution < -0.4 is 10.5 Å². The van der Waals surface area contributed by atoms with E-state index < -0.39 is 5.91 Å². The van der Waals surface area contributed by atoms with E-state index in [1.165, 1.54) is 0 Å². The standard InChI is InChI=1S/C18H20ClN3O2/c19-14-10-13(6-7-17(14)24-12-18(20)23)11-22-9-3-5-16(22)15-4-1-2-8-21-15/h1-2,4,6-8,10,16H,3,5,9,11-12H2,(H2,20,23)/t16-/m0/s1. The Morgan fingerprint density at radius 3 is 2.96 bits per heavy atom. The normalized spacial score (nSPS) is 17.8. The lowest BCUT2D eigenvalue weighted by Gasteiger charge is -2.24. The van der Waals surface area contributed by atoms with E-state index in [4.69, 9.17) is 22.1 Å². The lowest BCUT2D eigenvalue weighted by Crippen LogP contribution is -2.23. The van der Waals surface area contributed by atoms with E-state index in [0.29, 0.717) is 16.8 Å². The summed E-state index contributed by atoms with van der Waals surface area (Å²) >= 11 is 6.24. The molecule has 2 heterocycles. The fraction of sp³-hybridized carbons (Fsp3) is 0.333. The van der Waals surface area contributed by atoms with E-state index in [9.17, 15) is 4.79 Å². The molecule has 1 saturated heterocycles. The number of carbonyl (C=O) groups excluding carboxylic acids is 1. The minimum absolute atomic E-state index is 0.174. The summed E-state index contributed by atoms with van der Waals surface area (Å²) in [4.78, 5) is 17.7. The van der Waals surface area contributed by atoms with Crippen molar-refractivity contribution in [1.82, 2.24) is 9.88 Å². The summed E-state index contributed by atoms with van der Waals surface area (Å²) in [6.45, 7) is 1.67. The zero-order valence-corrected chi connectivity index (χ0v) is 14.1. The average Bonchev–Trinajstić information content (AvgIpc) is 3.03. The first-order valence-corrected chi connectivity index (χ1v) is 8.36. The zero-order valence-electron chi connectivity index (χ0n) is 13.3. The average molecular weight is 346 g/mol. The van der Waals surface area contributed by atoms with Crippen molar-refractivity contribution in [3.05, 3.63) is 58.9 Å². The molecule has 0 aliphatic carbocycles. The van der Waals surface area contributed by atoms with Gasteiger partial charge in [-0.25, -0.2) is 0 Å². The molecule has 2 N–H and O–H groups in total. The number of primary amides is 1. The van der Waals surface area contributed by atoms with E-state index in [-0.39, 0.29) is 6.61 Å². The second kappa shape index (κ2) is 7.64. The van der Waals surface area contributed by atoms with Crippen molar-refractivity contribution in [3.8, 4) is 5.75 Å². The molecule has 0 spiro atoms. The van der Waals surface area contributed by atoms with E-state index >= 15 is 0 Å². The van der Waals surface area contributed by atoms with Gasteiger partial charge in [0.1, 0.15) is 5.75 Å². The summed E-state index contributed by atoms with van der Waals surface area (Å²) in [5.74, 6) is -0.0488. The molecule has 1 aliphatic rings. The van der Waals surface area contributed by atoms with Crippen LogP contribution in [0.5, 0.6) is 5.75 Å². The maximum Gasteiger partial charge on any atom is 0.255 e. The summed E-state index contributed by atoms with van der Waals surface area (Å²) in [7, 11) is 0. The number of nitrogens with two attached hydrogens (primary N) is 1. The van der Waals surface area contributed by atoms with Crippen molar-refractivity contribution in [2.75, 3.05) is 13.2 Å². The molecule has 0 bridgehead atoms. The first kappa shape index (κ1) is 16.7. The summed E-state index contributed by atoms with van der Waals surface area (Å²) in [6.07, 6.45) is 4.12. The maximum absolute atomic E-state index is 10.8. The number of carbonyl (C=O) groups is 1. The van der Waals surface area contributed by atoms with Crippen LogP contribution in [-0.2, 0) is 11.3 Å². The van der Waals surface area contributed by atoms with Crippen molar-refractivity contribution in [2.45, 2.75) is 25.4 Å². The van der Waals surface area contributed by atoms with Gasteiger partial charge in [0.2, 0.25) is 0 Å². The highest BCUT2D eigenvalue weighted by atomic mass is 35.5. The van der Waals surface area contributed by atoms with Gasteiger partial charge >= 0.3 is 0 Å². The van der Waals surface area contributed by atoms with E-state index in [1.807, 2.05) is 30.5 Å². The quantitative estimate of drug-likeness (QED) is 0.874. The van der Waals surface area contributed by atoms with Crippen molar-refractivity contribution >= 4 is 17.5 Å². The summed E-state index contributed by atoms with van der Waals surface area (Å²) < 4.78 is 5.28. The molecule has 0 saturated carbocycles. The van der Waals surface area contributed by atoms with E-state index in [0.717, 1.165) is 37.2 Å². The Kier molecular flexibility index (Phi) is 5.33. The Hall–Kier alpha value is -2.11. The van der Waals surface area contributed by atoms with Crippen LogP contribution in [0.3, 0.4) is 0 Å². The number of benzene rings is 1. The monoisotopic (exact) mass is 345 g/mol. The molecular formula is C18H20ClN3O2. The molecule has 1 aromatic heterocycles. The molecule has 5 nitrogen and oxygen atoms in total. The maximum atomic E-state index is 10.8. The van der Waals surface area contributed by atoms with Crippen LogP contribution in [0, 0.1) is 0 Å². The molecule has 1 aromatic carbocycles. The first-order valence-electron chi connectivity index (χ1n) is 7.98. The number of halogens is 1. The van der Waals surface area contributed by atoms with Gasteiger partial charge in [0, 0.05) is 12.7 Å². The van der Waals surface area contributed by atoms with Gasteiger partial charge in [-0.2, -0.15) is 0 Å². The fourth-order valence-electron chi connectivity index (χ4n) is 3.07. The van der Waals surface area contributed by atoms with Crippen LogP contribution in [-0.4, -0.2) is 28.9 Å². The van der Waals surface area contributed by atoms with Crippen molar-refractivity contribution < 1.29 is 9.53 Å². The molecule has 6 heteroatoms. The topological polar surface area (TPSA) is 68.5 Å². The molecule has 1 aliphatic heterocycles. The number of amides is 1. The molecule has 3 rings (SSSR count). The van der Waals surface area contributed by atoms with Gasteiger partial charge in [0.25, 0.3) is 5.91 Å². The number of pyridine rings is 1. The molecule has 2 aromatic rings. The minimum Gasteiger partial charge on any atom is -0.482 e. The molecule has 0 radical (unpaired) electrons. The Balaban J connectivity index is 1.69. The second-order valence-corrected chi connectivity index (χ2v) is 6.31. The largest absolute Gasteiger partial charge is 0.482 e. The Labute approximate surface area is 146 Å². The predicted octanol–water partition coefficient (Wildman–Crippen LogP) is 2.94. The van der Waals surface area contributed by atoms with Crippen molar-refractivity contribution in [1.29, 1.82) is 0 Å². The summed E-state index contributed by atoms with van der Waals surface area (Å²) in [5.41, 5.74) is 7.30. The highest BCUT2D eigenvalue weighted by molar-refractivity contribution is 6.32. The zero-order chi connectivity index (χ0) is 16.9. The summed E-state index contributed by atoms with van der Waals surface area (Å²) in [5, 5.41) is 0.488. The van der Waals surface area contributed by atoms with Crippen LogP contribution in [0.25, 0.3) is 0 Å². The lowest BCUT2D eigenvalue weighted by atomic mass is 10.1. The van der Waals surface area contributed by atoms with Gasteiger partial charge in [-0.1, -0.05) is 23.7 Å². The molecular weight excluding hydrogens is 326 g/mol.